The number of anilines is 1. The summed E-state index contributed by atoms with van der Waals surface area (Å²) in [6, 6.07) is 20.1. The van der Waals surface area contributed by atoms with Crippen molar-refractivity contribution in [2.75, 3.05) is 32.4 Å². The van der Waals surface area contributed by atoms with Gasteiger partial charge in [-0.3, -0.25) is 9.36 Å². The Hall–Kier alpha value is -4.15. The van der Waals surface area contributed by atoms with Crippen molar-refractivity contribution < 1.29 is 19.0 Å². The van der Waals surface area contributed by atoms with E-state index in [4.69, 9.17) is 19.2 Å². The summed E-state index contributed by atoms with van der Waals surface area (Å²) in [5.41, 5.74) is 3.83. The maximum absolute atomic E-state index is 14.1. The second kappa shape index (κ2) is 11.0. The minimum absolute atomic E-state index is 0.111. The SMILES string of the molecule is CCOC(=O)C1=C(c2ccccc2)N=c2sc(=Cc3ccc(N(C)C)c(Br)c3)c(=O)n2C1c1ccc2c(c1)OCO2. The maximum Gasteiger partial charge on any atom is 0.338 e. The van der Waals surface area contributed by atoms with Crippen molar-refractivity contribution in [2.24, 2.45) is 4.99 Å². The predicted molar refractivity (Wildman–Crippen MR) is 162 cm³/mol. The highest BCUT2D eigenvalue weighted by Crippen LogP contribution is 2.40. The van der Waals surface area contributed by atoms with Gasteiger partial charge in [0.2, 0.25) is 6.79 Å². The van der Waals surface area contributed by atoms with Crippen LogP contribution in [0.1, 0.15) is 29.7 Å². The molecule has 4 aromatic rings. The summed E-state index contributed by atoms with van der Waals surface area (Å²) < 4.78 is 19.7. The van der Waals surface area contributed by atoms with Crippen molar-refractivity contribution in [3.8, 4) is 11.5 Å². The third-order valence-electron chi connectivity index (χ3n) is 6.84. The lowest BCUT2D eigenvalue weighted by molar-refractivity contribution is -0.138. The summed E-state index contributed by atoms with van der Waals surface area (Å²) in [5.74, 6) is 0.630. The number of esters is 1. The lowest BCUT2D eigenvalue weighted by Crippen LogP contribution is -2.40. The van der Waals surface area contributed by atoms with E-state index in [0.717, 1.165) is 21.3 Å². The topological polar surface area (TPSA) is 82.4 Å². The molecule has 0 fully saturated rings. The summed E-state index contributed by atoms with van der Waals surface area (Å²) >= 11 is 4.92. The van der Waals surface area contributed by atoms with Gasteiger partial charge in [-0.15, -0.1) is 0 Å². The number of hydrogen-bond donors (Lipinski definition) is 0. The Balaban J connectivity index is 1.61. The van der Waals surface area contributed by atoms with Gasteiger partial charge in [-0.2, -0.15) is 0 Å². The van der Waals surface area contributed by atoms with Crippen LogP contribution in [0.25, 0.3) is 11.8 Å². The highest BCUT2D eigenvalue weighted by molar-refractivity contribution is 9.10. The lowest BCUT2D eigenvalue weighted by atomic mass is 9.93. The number of rotatable bonds is 6. The standard InChI is InChI=1S/C31H26BrN3O5S/c1-4-38-30(37)26-27(19-8-6-5-7-9-19)33-31-35(28(26)20-11-13-23-24(16-20)40-17-39-23)29(36)25(41-31)15-18-10-12-22(34(2)3)21(32)14-18/h5-16,28H,4,17H2,1-3H3. The zero-order chi connectivity index (χ0) is 28.7. The molecule has 0 bridgehead atoms. The average Bonchev–Trinajstić information content (AvgIpc) is 3.56. The van der Waals surface area contributed by atoms with E-state index in [2.05, 4.69) is 15.9 Å². The first-order chi connectivity index (χ1) is 19.9. The van der Waals surface area contributed by atoms with E-state index in [1.54, 1.807) is 17.6 Å². The maximum atomic E-state index is 14.1. The largest absolute Gasteiger partial charge is 0.463 e. The predicted octanol–water partition coefficient (Wildman–Crippen LogP) is 4.49. The summed E-state index contributed by atoms with van der Waals surface area (Å²) in [7, 11) is 3.94. The molecule has 1 atom stereocenters. The Morgan fingerprint density at radius 1 is 1.12 bits per heavy atom. The van der Waals surface area contributed by atoms with E-state index >= 15 is 0 Å². The van der Waals surface area contributed by atoms with Gasteiger partial charge in [0, 0.05) is 24.1 Å². The highest BCUT2D eigenvalue weighted by Gasteiger charge is 2.36. The Kier molecular flexibility index (Phi) is 7.27. The Morgan fingerprint density at radius 3 is 2.63 bits per heavy atom. The zero-order valence-electron chi connectivity index (χ0n) is 22.6. The fraction of sp³-hybridized carbons (Fsp3) is 0.194. The van der Waals surface area contributed by atoms with Gasteiger partial charge in [-0.25, -0.2) is 9.79 Å². The van der Waals surface area contributed by atoms with Gasteiger partial charge in [-0.1, -0.05) is 53.8 Å². The molecule has 0 aliphatic carbocycles. The average molecular weight is 633 g/mol. The fourth-order valence-electron chi connectivity index (χ4n) is 4.97. The fourth-order valence-corrected chi connectivity index (χ4v) is 6.72. The molecular weight excluding hydrogens is 606 g/mol. The van der Waals surface area contributed by atoms with Crippen LogP contribution < -0.4 is 29.3 Å². The van der Waals surface area contributed by atoms with Gasteiger partial charge >= 0.3 is 5.97 Å². The molecule has 3 aromatic carbocycles. The number of ether oxygens (including phenoxy) is 3. The number of thiazole rings is 1. The minimum Gasteiger partial charge on any atom is -0.463 e. The molecule has 2 aliphatic rings. The van der Waals surface area contributed by atoms with E-state index in [1.165, 1.54) is 11.3 Å². The molecule has 0 amide bonds. The second-order valence-electron chi connectivity index (χ2n) is 9.65. The van der Waals surface area contributed by atoms with E-state index < -0.39 is 12.0 Å². The first-order valence-electron chi connectivity index (χ1n) is 13.0. The van der Waals surface area contributed by atoms with Crippen molar-refractivity contribution >= 4 is 50.7 Å². The van der Waals surface area contributed by atoms with Crippen LogP contribution in [0.3, 0.4) is 0 Å². The van der Waals surface area contributed by atoms with Crippen LogP contribution in [-0.2, 0) is 9.53 Å². The zero-order valence-corrected chi connectivity index (χ0v) is 25.0. The van der Waals surface area contributed by atoms with Gasteiger partial charge in [0.05, 0.1) is 34.1 Å². The van der Waals surface area contributed by atoms with Crippen LogP contribution in [0.15, 0.2) is 86.6 Å². The van der Waals surface area contributed by atoms with Crippen molar-refractivity contribution in [3.05, 3.63) is 113 Å². The van der Waals surface area contributed by atoms with E-state index in [-0.39, 0.29) is 24.5 Å². The van der Waals surface area contributed by atoms with Crippen LogP contribution >= 0.6 is 27.3 Å². The molecule has 10 heteroatoms. The molecule has 8 nitrogen and oxygen atoms in total. The Bertz CT molecular complexity index is 1880. The van der Waals surface area contributed by atoms with E-state index in [1.807, 2.05) is 85.7 Å². The Labute approximate surface area is 248 Å². The molecule has 0 radical (unpaired) electrons. The van der Waals surface area contributed by atoms with Crippen LogP contribution in [0.5, 0.6) is 11.5 Å². The van der Waals surface area contributed by atoms with E-state index in [9.17, 15) is 9.59 Å². The number of carbonyl (C=O) groups is 1. The van der Waals surface area contributed by atoms with Gasteiger partial charge < -0.3 is 19.1 Å². The summed E-state index contributed by atoms with van der Waals surface area (Å²) in [6.07, 6.45) is 1.85. The molecule has 3 heterocycles. The van der Waals surface area contributed by atoms with Crippen LogP contribution in [0.4, 0.5) is 5.69 Å². The number of hydrogen-bond acceptors (Lipinski definition) is 8. The van der Waals surface area contributed by atoms with Gasteiger partial charge in [0.25, 0.3) is 5.56 Å². The van der Waals surface area contributed by atoms with Crippen molar-refractivity contribution in [1.82, 2.24) is 4.57 Å². The summed E-state index contributed by atoms with van der Waals surface area (Å²) in [5, 5.41) is 0. The third-order valence-corrected chi connectivity index (χ3v) is 8.46. The monoisotopic (exact) mass is 631 g/mol. The van der Waals surface area contributed by atoms with Crippen molar-refractivity contribution in [1.29, 1.82) is 0 Å². The first kappa shape index (κ1) is 27.0. The second-order valence-corrected chi connectivity index (χ2v) is 11.5. The normalized spacial score (nSPS) is 15.9. The highest BCUT2D eigenvalue weighted by atomic mass is 79.9. The molecule has 0 saturated heterocycles. The molecule has 0 saturated carbocycles. The van der Waals surface area contributed by atoms with Gasteiger partial charge in [-0.05, 0) is 64.3 Å². The van der Waals surface area contributed by atoms with Crippen molar-refractivity contribution in [2.45, 2.75) is 13.0 Å². The van der Waals surface area contributed by atoms with Crippen molar-refractivity contribution in [3.63, 3.8) is 0 Å². The number of aromatic nitrogens is 1. The first-order valence-corrected chi connectivity index (χ1v) is 14.6. The third kappa shape index (κ3) is 4.98. The Morgan fingerprint density at radius 2 is 1.90 bits per heavy atom. The molecule has 6 rings (SSSR count). The molecule has 0 spiro atoms. The minimum atomic E-state index is -0.792. The number of halogens is 1. The molecule has 1 aromatic heterocycles. The molecule has 41 heavy (non-hydrogen) atoms. The number of nitrogens with zero attached hydrogens (tertiary/aromatic N) is 3. The molecular formula is C31H26BrN3O5S. The van der Waals surface area contributed by atoms with Crippen LogP contribution in [0.2, 0.25) is 0 Å². The quantitative estimate of drug-likeness (QED) is 0.292. The summed E-state index contributed by atoms with van der Waals surface area (Å²) in [4.78, 5) is 35.1. The van der Waals surface area contributed by atoms with Gasteiger partial charge in [0.1, 0.15) is 0 Å². The molecule has 1 unspecified atom stereocenters. The number of fused-ring (bicyclic) bond motifs is 2. The smallest absolute Gasteiger partial charge is 0.338 e. The lowest BCUT2D eigenvalue weighted by Gasteiger charge is -2.26. The number of carbonyl (C=O) groups excluding carboxylic acids is 1. The van der Waals surface area contributed by atoms with Crippen LogP contribution in [0, 0.1) is 0 Å². The molecule has 208 valence electrons. The van der Waals surface area contributed by atoms with Crippen LogP contribution in [-0.4, -0.2) is 38.0 Å². The summed E-state index contributed by atoms with van der Waals surface area (Å²) in [6.45, 7) is 2.05. The molecule has 2 aliphatic heterocycles. The van der Waals surface area contributed by atoms with Gasteiger partial charge in [0.15, 0.2) is 16.3 Å². The molecule has 0 N–H and O–H groups in total. The number of benzene rings is 3. The van der Waals surface area contributed by atoms with E-state index in [0.29, 0.717) is 32.1 Å².